The molecule has 0 unspecified atom stereocenters. The zero-order valence-corrected chi connectivity index (χ0v) is 14.1. The number of carbonyl (C=O) groups is 1. The van der Waals surface area contributed by atoms with Gasteiger partial charge in [-0.15, -0.1) is 0 Å². The molecule has 0 spiro atoms. The van der Waals surface area contributed by atoms with Crippen LogP contribution in [0.25, 0.3) is 0 Å². The summed E-state index contributed by atoms with van der Waals surface area (Å²) in [5, 5.41) is 3.38. The Morgan fingerprint density at radius 2 is 2.09 bits per heavy atom. The summed E-state index contributed by atoms with van der Waals surface area (Å²) < 4.78 is 5.75. The van der Waals surface area contributed by atoms with Gasteiger partial charge in [0.25, 0.3) is 5.91 Å². The van der Waals surface area contributed by atoms with Crippen LogP contribution in [-0.2, 0) is 4.74 Å². The van der Waals surface area contributed by atoms with Crippen molar-refractivity contribution in [2.45, 2.75) is 19.4 Å². The molecule has 0 aromatic heterocycles. The molecule has 1 aromatic carbocycles. The lowest BCUT2D eigenvalue weighted by Crippen LogP contribution is -2.44. The Bertz CT molecular complexity index is 549. The zero-order valence-electron chi connectivity index (χ0n) is 14.1. The van der Waals surface area contributed by atoms with Crippen LogP contribution in [0.5, 0.6) is 0 Å². The molecule has 1 aromatic rings. The Morgan fingerprint density at radius 1 is 1.26 bits per heavy atom. The van der Waals surface area contributed by atoms with Gasteiger partial charge in [-0.3, -0.25) is 9.69 Å². The zero-order chi connectivity index (χ0) is 16.2. The van der Waals surface area contributed by atoms with Crippen LogP contribution < -0.4 is 5.32 Å². The van der Waals surface area contributed by atoms with Crippen LogP contribution in [0.1, 0.15) is 23.7 Å². The van der Waals surface area contributed by atoms with E-state index in [1.54, 1.807) is 0 Å². The van der Waals surface area contributed by atoms with E-state index in [9.17, 15) is 4.79 Å². The third-order valence-electron chi connectivity index (χ3n) is 4.75. The van der Waals surface area contributed by atoms with Crippen molar-refractivity contribution < 1.29 is 9.53 Å². The van der Waals surface area contributed by atoms with E-state index in [-0.39, 0.29) is 5.91 Å². The summed E-state index contributed by atoms with van der Waals surface area (Å²) in [7, 11) is 2.14. The lowest BCUT2D eigenvalue weighted by molar-refractivity contribution is 0.0434. The van der Waals surface area contributed by atoms with Crippen LogP contribution in [-0.4, -0.2) is 68.2 Å². The van der Waals surface area contributed by atoms with Crippen LogP contribution in [0.2, 0.25) is 0 Å². The van der Waals surface area contributed by atoms with Crippen molar-refractivity contribution in [3.63, 3.8) is 0 Å². The van der Waals surface area contributed by atoms with Crippen molar-refractivity contribution in [3.05, 3.63) is 29.8 Å². The van der Waals surface area contributed by atoms with Crippen molar-refractivity contribution in [2.75, 3.05) is 51.8 Å². The molecule has 5 heteroatoms. The summed E-state index contributed by atoms with van der Waals surface area (Å²) in [5.41, 5.74) is 1.72. The van der Waals surface area contributed by atoms with Gasteiger partial charge >= 0.3 is 0 Å². The third-order valence-corrected chi connectivity index (χ3v) is 4.75. The molecule has 2 heterocycles. The second kappa shape index (κ2) is 7.32. The molecule has 3 rings (SSSR count). The fourth-order valence-corrected chi connectivity index (χ4v) is 3.47. The number of nitrogens with zero attached hydrogens (tertiary/aromatic N) is 2. The van der Waals surface area contributed by atoms with Gasteiger partial charge < -0.3 is 15.0 Å². The van der Waals surface area contributed by atoms with E-state index in [2.05, 4.69) is 24.2 Å². The summed E-state index contributed by atoms with van der Waals surface area (Å²) in [5.74, 6) is 0.531. The van der Waals surface area contributed by atoms with Crippen LogP contribution in [0.15, 0.2) is 24.3 Å². The third kappa shape index (κ3) is 3.67. The molecule has 1 amide bonds. The number of anilines is 1. The van der Waals surface area contributed by atoms with Crippen molar-refractivity contribution in [2.24, 2.45) is 5.92 Å². The minimum atomic E-state index is 0.136. The van der Waals surface area contributed by atoms with Crippen LogP contribution >= 0.6 is 0 Å². The SMILES string of the molecule is CCCNc1ccccc1C(=O)N1C[C@@H]2COC[C@H](C1)N(C)C2. The number of ether oxygens (including phenoxy) is 1. The molecule has 2 fully saturated rings. The molecule has 2 saturated heterocycles. The number of hydrogen-bond donors (Lipinski definition) is 1. The first-order chi connectivity index (χ1) is 11.2. The number of amides is 1. The topological polar surface area (TPSA) is 44.8 Å². The molecule has 2 aliphatic rings. The molecular weight excluding hydrogens is 290 g/mol. The van der Waals surface area contributed by atoms with Gasteiger partial charge in [0.1, 0.15) is 0 Å². The fraction of sp³-hybridized carbons (Fsp3) is 0.611. The van der Waals surface area contributed by atoms with Gasteiger partial charge in [-0.05, 0) is 25.6 Å². The quantitative estimate of drug-likeness (QED) is 0.921. The van der Waals surface area contributed by atoms with Crippen LogP contribution in [0.3, 0.4) is 0 Å². The lowest BCUT2D eigenvalue weighted by atomic mass is 10.1. The van der Waals surface area contributed by atoms with Gasteiger partial charge in [0, 0.05) is 37.8 Å². The number of nitrogens with one attached hydrogen (secondary N) is 1. The summed E-state index contributed by atoms with van der Waals surface area (Å²) in [4.78, 5) is 17.5. The van der Waals surface area contributed by atoms with Gasteiger partial charge in [-0.25, -0.2) is 0 Å². The molecule has 23 heavy (non-hydrogen) atoms. The smallest absolute Gasteiger partial charge is 0.256 e. The van der Waals surface area contributed by atoms with E-state index in [4.69, 9.17) is 4.74 Å². The summed E-state index contributed by atoms with van der Waals surface area (Å²) in [6, 6.07) is 8.14. The Balaban J connectivity index is 1.80. The average Bonchev–Trinajstić information content (AvgIpc) is 2.81. The number of fused-ring (bicyclic) bond motifs is 3. The van der Waals surface area contributed by atoms with Gasteiger partial charge in [0.2, 0.25) is 0 Å². The first kappa shape index (κ1) is 16.3. The highest BCUT2D eigenvalue weighted by Gasteiger charge is 2.34. The molecule has 2 aliphatic heterocycles. The number of para-hydroxylation sites is 1. The predicted molar refractivity (Wildman–Crippen MR) is 91.9 cm³/mol. The van der Waals surface area contributed by atoms with E-state index in [0.717, 1.165) is 50.5 Å². The highest BCUT2D eigenvalue weighted by Crippen LogP contribution is 2.23. The molecule has 0 saturated carbocycles. The maximum Gasteiger partial charge on any atom is 0.256 e. The Labute approximate surface area is 138 Å². The standard InChI is InChI=1S/C18H27N3O2/c1-3-8-19-17-7-5-4-6-16(17)18(22)21-10-14-9-20(2)15(11-21)13-23-12-14/h4-7,14-15,19H,3,8-13H2,1-2H3/t14-,15+/m1/s1. The number of hydrogen-bond acceptors (Lipinski definition) is 4. The number of benzene rings is 1. The summed E-state index contributed by atoms with van der Waals surface area (Å²) in [6.07, 6.45) is 1.04. The molecule has 0 radical (unpaired) electrons. The largest absolute Gasteiger partial charge is 0.384 e. The monoisotopic (exact) mass is 317 g/mol. The lowest BCUT2D eigenvalue weighted by Gasteiger charge is -2.30. The molecule has 1 N–H and O–H groups in total. The van der Waals surface area contributed by atoms with Gasteiger partial charge in [0.05, 0.1) is 24.8 Å². The predicted octanol–water partition coefficient (Wildman–Crippen LogP) is 1.91. The van der Waals surface area contributed by atoms with Gasteiger partial charge in [-0.1, -0.05) is 19.1 Å². The molecular formula is C18H27N3O2. The highest BCUT2D eigenvalue weighted by atomic mass is 16.5. The maximum absolute atomic E-state index is 13.1. The molecule has 2 bridgehead atoms. The van der Waals surface area contributed by atoms with Crippen molar-refractivity contribution in [1.82, 2.24) is 9.80 Å². The summed E-state index contributed by atoms with van der Waals surface area (Å²) in [6.45, 7) is 7.00. The van der Waals surface area contributed by atoms with E-state index in [1.165, 1.54) is 0 Å². The van der Waals surface area contributed by atoms with Crippen LogP contribution in [0, 0.1) is 5.92 Å². The van der Waals surface area contributed by atoms with E-state index in [1.807, 2.05) is 29.2 Å². The first-order valence-corrected chi connectivity index (χ1v) is 8.59. The van der Waals surface area contributed by atoms with E-state index >= 15 is 0 Å². The van der Waals surface area contributed by atoms with Crippen molar-refractivity contribution in [1.29, 1.82) is 0 Å². The number of rotatable bonds is 4. The fourth-order valence-electron chi connectivity index (χ4n) is 3.47. The molecule has 2 atom stereocenters. The highest BCUT2D eigenvalue weighted by molar-refractivity contribution is 5.99. The van der Waals surface area contributed by atoms with Crippen LogP contribution in [0.4, 0.5) is 5.69 Å². The van der Waals surface area contributed by atoms with Gasteiger partial charge in [0.15, 0.2) is 0 Å². The Morgan fingerprint density at radius 3 is 2.91 bits per heavy atom. The minimum Gasteiger partial charge on any atom is -0.384 e. The first-order valence-electron chi connectivity index (χ1n) is 8.59. The molecule has 0 aliphatic carbocycles. The normalized spacial score (nSPS) is 25.0. The van der Waals surface area contributed by atoms with Gasteiger partial charge in [-0.2, -0.15) is 0 Å². The average molecular weight is 317 g/mol. The van der Waals surface area contributed by atoms with E-state index in [0.29, 0.717) is 18.6 Å². The maximum atomic E-state index is 13.1. The Kier molecular flexibility index (Phi) is 5.18. The number of likely N-dealkylation sites (N-methyl/N-ethyl adjacent to an activating group) is 1. The van der Waals surface area contributed by atoms with Crippen molar-refractivity contribution >= 4 is 11.6 Å². The Hall–Kier alpha value is -1.59. The molecule has 5 nitrogen and oxygen atoms in total. The second-order valence-electron chi connectivity index (χ2n) is 6.68. The summed E-state index contributed by atoms with van der Waals surface area (Å²) >= 11 is 0. The second-order valence-corrected chi connectivity index (χ2v) is 6.68. The number of carbonyl (C=O) groups excluding carboxylic acids is 1. The molecule has 126 valence electrons. The van der Waals surface area contributed by atoms with E-state index < -0.39 is 0 Å². The minimum absolute atomic E-state index is 0.136. The van der Waals surface area contributed by atoms with Crippen molar-refractivity contribution in [3.8, 4) is 0 Å².